The first-order valence-electron chi connectivity index (χ1n) is 5.99. The number of hydrogen-bond donors (Lipinski definition) is 2. The summed E-state index contributed by atoms with van der Waals surface area (Å²) < 4.78 is 1.76. The van der Waals surface area contributed by atoms with Gasteiger partial charge in [-0.05, 0) is 12.1 Å². The number of nitrogens with two attached hydrogens (primary N) is 1. The van der Waals surface area contributed by atoms with Crippen LogP contribution in [0.4, 0.5) is 5.69 Å². The molecule has 1 heterocycles. The number of nitrogens with zero attached hydrogens (tertiary/aromatic N) is 3. The second-order valence-electron chi connectivity index (χ2n) is 4.61. The van der Waals surface area contributed by atoms with Crippen LogP contribution < -0.4 is 16.7 Å². The summed E-state index contributed by atoms with van der Waals surface area (Å²) in [6, 6.07) is 9.82. The zero-order chi connectivity index (χ0) is 13.6. The van der Waals surface area contributed by atoms with Crippen molar-refractivity contribution in [1.29, 1.82) is 0 Å². The molecule has 0 aliphatic rings. The maximum absolute atomic E-state index is 6.20. The summed E-state index contributed by atoms with van der Waals surface area (Å²) in [6.45, 7) is 0. The number of rotatable bonds is 1. The minimum absolute atomic E-state index is 0.686. The van der Waals surface area contributed by atoms with Crippen LogP contribution in [0, 0.1) is 0 Å². The number of nitrogen functional groups attached to an aromatic ring is 1. The number of hydrogen-bond acceptors (Lipinski definition) is 4. The Bertz CT molecular complexity index is 758. The third kappa shape index (κ3) is 1.81. The van der Waals surface area contributed by atoms with E-state index in [-0.39, 0.29) is 0 Å². The molecule has 0 bridgehead atoms. The second kappa shape index (κ2) is 4.35. The van der Waals surface area contributed by atoms with Gasteiger partial charge in [0.25, 0.3) is 0 Å². The van der Waals surface area contributed by atoms with Gasteiger partial charge in [0.2, 0.25) is 0 Å². The quantitative estimate of drug-likeness (QED) is 0.331. The number of thiol groups is 1. The lowest BCUT2D eigenvalue weighted by Crippen LogP contribution is -2.23. The maximum atomic E-state index is 6.20. The van der Waals surface area contributed by atoms with E-state index in [9.17, 15) is 0 Å². The molecule has 0 spiro atoms. The molecule has 0 radical (unpaired) electrons. The van der Waals surface area contributed by atoms with Gasteiger partial charge < -0.3 is 5.73 Å². The Morgan fingerprint density at radius 3 is 2.68 bits per heavy atom. The Balaban J connectivity index is 2.39. The van der Waals surface area contributed by atoms with Crippen LogP contribution in [0.3, 0.4) is 0 Å². The number of aromatic nitrogens is 3. The fourth-order valence-corrected chi connectivity index (χ4v) is 2.50. The lowest BCUT2D eigenvalue weighted by atomic mass is 9.85. The smallest absolute Gasteiger partial charge is 0.142 e. The first kappa shape index (κ1) is 12.2. The molecule has 4 nitrogen and oxygen atoms in total. The minimum atomic E-state index is 0.686. The van der Waals surface area contributed by atoms with Gasteiger partial charge in [0, 0.05) is 4.90 Å². The van der Waals surface area contributed by atoms with Gasteiger partial charge in [-0.25, -0.2) is 4.68 Å². The molecule has 0 aliphatic heterocycles. The number of para-hydroxylation sites is 1. The Kier molecular flexibility index (Phi) is 2.78. The molecule has 3 rings (SSSR count). The zero-order valence-corrected chi connectivity index (χ0v) is 11.6. The monoisotopic (exact) mass is 266 g/mol. The molecule has 0 atom stereocenters. The zero-order valence-electron chi connectivity index (χ0n) is 10.8. The Morgan fingerprint density at radius 2 is 1.89 bits per heavy atom. The van der Waals surface area contributed by atoms with E-state index in [0.717, 1.165) is 32.5 Å². The number of benzene rings is 2. The fourth-order valence-electron chi connectivity index (χ4n) is 2.22. The lowest BCUT2D eigenvalue weighted by molar-refractivity contribution is 0.816. The molecular weight excluding hydrogens is 254 g/mol. The van der Waals surface area contributed by atoms with E-state index < -0.39 is 0 Å². The summed E-state index contributed by atoms with van der Waals surface area (Å²) in [5.41, 5.74) is 11.5. The molecule has 1 aromatic heterocycles. The van der Waals surface area contributed by atoms with Gasteiger partial charge in [-0.15, -0.1) is 17.7 Å². The van der Waals surface area contributed by atoms with Crippen molar-refractivity contribution in [2.45, 2.75) is 4.90 Å². The van der Waals surface area contributed by atoms with Gasteiger partial charge in [-0.2, -0.15) is 0 Å². The van der Waals surface area contributed by atoms with E-state index in [4.69, 9.17) is 5.73 Å². The summed E-state index contributed by atoms with van der Waals surface area (Å²) in [7, 11) is 4.00. The van der Waals surface area contributed by atoms with E-state index in [1.807, 2.05) is 46.0 Å². The van der Waals surface area contributed by atoms with Gasteiger partial charge in [-0.1, -0.05) is 34.3 Å². The summed E-state index contributed by atoms with van der Waals surface area (Å²) in [6.07, 6.45) is 0. The van der Waals surface area contributed by atoms with E-state index in [1.165, 1.54) is 0 Å². The molecule has 92 valence electrons. The van der Waals surface area contributed by atoms with Gasteiger partial charge in [0.05, 0.1) is 11.2 Å². The maximum Gasteiger partial charge on any atom is 0.142 e. The highest BCUT2D eigenvalue weighted by Crippen LogP contribution is 2.24. The predicted octanol–water partition coefficient (Wildman–Crippen LogP) is -1.19. The topological polar surface area (TPSA) is 56.7 Å². The molecule has 2 N–H and O–H groups in total. The highest BCUT2D eigenvalue weighted by atomic mass is 32.1. The van der Waals surface area contributed by atoms with Crippen molar-refractivity contribution in [1.82, 2.24) is 15.0 Å². The predicted molar refractivity (Wildman–Crippen MR) is 86.9 cm³/mol. The highest BCUT2D eigenvalue weighted by molar-refractivity contribution is 7.80. The van der Waals surface area contributed by atoms with Crippen molar-refractivity contribution in [2.24, 2.45) is 0 Å². The van der Waals surface area contributed by atoms with Crippen LogP contribution in [0.1, 0.15) is 0 Å². The molecule has 0 unspecified atom stereocenters. The van der Waals surface area contributed by atoms with Crippen LogP contribution in [0.2, 0.25) is 0 Å². The third-order valence-corrected chi connectivity index (χ3v) is 3.84. The number of anilines is 1. The summed E-state index contributed by atoms with van der Waals surface area (Å²) in [5, 5.41) is 8.37. The molecule has 0 aliphatic carbocycles. The Morgan fingerprint density at radius 1 is 1.16 bits per heavy atom. The average molecular weight is 266 g/mol. The van der Waals surface area contributed by atoms with Crippen LogP contribution in [0.15, 0.2) is 35.2 Å². The Hall–Kier alpha value is -1.88. The highest BCUT2D eigenvalue weighted by Gasteiger charge is 2.15. The second-order valence-corrected chi connectivity index (χ2v) is 5.06. The van der Waals surface area contributed by atoms with Crippen molar-refractivity contribution in [3.8, 4) is 5.69 Å². The van der Waals surface area contributed by atoms with Gasteiger partial charge in [-0.3, -0.25) is 0 Å². The van der Waals surface area contributed by atoms with Crippen LogP contribution >= 0.6 is 12.6 Å². The van der Waals surface area contributed by atoms with Gasteiger partial charge >= 0.3 is 0 Å². The van der Waals surface area contributed by atoms with E-state index >= 15 is 0 Å². The van der Waals surface area contributed by atoms with Crippen molar-refractivity contribution >= 4 is 56.0 Å². The van der Waals surface area contributed by atoms with Gasteiger partial charge in [0.15, 0.2) is 0 Å². The van der Waals surface area contributed by atoms with Crippen molar-refractivity contribution < 1.29 is 0 Å². The molecular formula is C12H12B2N4S. The van der Waals surface area contributed by atoms with E-state index in [1.54, 1.807) is 4.68 Å². The first-order valence-corrected chi connectivity index (χ1v) is 6.44. The van der Waals surface area contributed by atoms with Crippen LogP contribution in [-0.2, 0) is 0 Å². The molecule has 0 saturated heterocycles. The number of fused-ring (bicyclic) bond motifs is 1. The first-order chi connectivity index (χ1) is 9.09. The van der Waals surface area contributed by atoms with Crippen LogP contribution in [0.5, 0.6) is 0 Å². The summed E-state index contributed by atoms with van der Waals surface area (Å²) in [4.78, 5) is 0.832. The minimum Gasteiger partial charge on any atom is -0.397 e. The fraction of sp³-hybridized carbons (Fsp3) is 0. The van der Waals surface area contributed by atoms with Crippen LogP contribution in [0.25, 0.3) is 16.7 Å². The summed E-state index contributed by atoms with van der Waals surface area (Å²) in [5.74, 6) is 0. The Labute approximate surface area is 118 Å². The van der Waals surface area contributed by atoms with Gasteiger partial charge in [0.1, 0.15) is 26.9 Å². The van der Waals surface area contributed by atoms with E-state index in [2.05, 4.69) is 22.9 Å². The largest absolute Gasteiger partial charge is 0.397 e. The lowest BCUT2D eigenvalue weighted by Gasteiger charge is -2.14. The summed E-state index contributed by atoms with van der Waals surface area (Å²) >= 11 is 4.57. The molecule has 19 heavy (non-hydrogen) atoms. The van der Waals surface area contributed by atoms with Crippen molar-refractivity contribution in [2.75, 3.05) is 5.73 Å². The molecule has 0 fully saturated rings. The van der Waals surface area contributed by atoms with Crippen molar-refractivity contribution in [3.63, 3.8) is 0 Å². The van der Waals surface area contributed by atoms with E-state index in [0.29, 0.717) is 5.69 Å². The van der Waals surface area contributed by atoms with Crippen LogP contribution in [-0.4, -0.2) is 30.7 Å². The molecule has 2 aromatic carbocycles. The normalized spacial score (nSPS) is 11.0. The molecule has 0 saturated carbocycles. The molecule has 0 amide bonds. The third-order valence-electron chi connectivity index (χ3n) is 3.27. The SMILES string of the molecule is Bc1cc(B)c(S)c(-n2nnc3ccccc32)c1N. The molecule has 3 aromatic rings. The van der Waals surface area contributed by atoms with Crippen molar-refractivity contribution in [3.05, 3.63) is 30.3 Å². The molecule has 7 heteroatoms. The standard InChI is InChI=1S/C12H12B2N4S/c13-6-5-7(14)12(19)11(10(6)15)18-9-4-2-1-3-8(9)16-17-18/h1-5,19H,13-15H2. The average Bonchev–Trinajstić information content (AvgIpc) is 2.81.